The number of carbonyl (C=O) groups is 1. The summed E-state index contributed by atoms with van der Waals surface area (Å²) in [5, 5.41) is 7.53. The number of aryl methyl sites for hydroxylation is 3. The summed E-state index contributed by atoms with van der Waals surface area (Å²) in [5.41, 5.74) is 5.17. The average molecular weight is 498 g/mol. The number of nitrogens with one attached hydrogen (secondary N) is 1. The van der Waals surface area contributed by atoms with Crippen molar-refractivity contribution in [1.82, 2.24) is 14.3 Å². The van der Waals surface area contributed by atoms with E-state index in [0.29, 0.717) is 20.6 Å². The SMILES string of the molecule is CCn1cc(C=c2sc3n(c2=O)[C@@H](c2ccccc2)C(C(=O)Nc2ccccc2C)=C(C)N=3)c(C)n1. The van der Waals surface area contributed by atoms with Crippen molar-refractivity contribution in [3.05, 3.63) is 114 Å². The van der Waals surface area contributed by atoms with Gasteiger partial charge in [-0.1, -0.05) is 59.9 Å². The number of aromatic nitrogens is 3. The maximum atomic E-state index is 13.8. The first-order chi connectivity index (χ1) is 17.4. The number of allylic oxidation sites excluding steroid dienone is 1. The quantitative estimate of drug-likeness (QED) is 0.457. The Balaban J connectivity index is 1.67. The highest BCUT2D eigenvalue weighted by atomic mass is 32.1. The van der Waals surface area contributed by atoms with Gasteiger partial charge in [0.1, 0.15) is 0 Å². The number of nitrogens with zero attached hydrogens (tertiary/aromatic N) is 4. The maximum Gasteiger partial charge on any atom is 0.271 e. The van der Waals surface area contributed by atoms with Crippen molar-refractivity contribution in [3.8, 4) is 0 Å². The minimum Gasteiger partial charge on any atom is -0.322 e. The average Bonchev–Trinajstić information content (AvgIpc) is 3.38. The molecule has 0 saturated carbocycles. The van der Waals surface area contributed by atoms with Gasteiger partial charge in [0.15, 0.2) is 4.80 Å². The fourth-order valence-electron chi connectivity index (χ4n) is 4.44. The lowest BCUT2D eigenvalue weighted by Crippen LogP contribution is -2.40. The van der Waals surface area contributed by atoms with Crippen molar-refractivity contribution in [3.63, 3.8) is 0 Å². The molecule has 4 aromatic rings. The highest BCUT2D eigenvalue weighted by Crippen LogP contribution is 2.31. The highest BCUT2D eigenvalue weighted by molar-refractivity contribution is 7.07. The van der Waals surface area contributed by atoms with Crippen molar-refractivity contribution < 1.29 is 4.79 Å². The van der Waals surface area contributed by atoms with Crippen molar-refractivity contribution in [2.75, 3.05) is 5.32 Å². The molecule has 5 rings (SSSR count). The van der Waals surface area contributed by atoms with Crippen LogP contribution in [0.1, 0.15) is 42.3 Å². The molecule has 1 atom stereocenters. The lowest BCUT2D eigenvalue weighted by molar-refractivity contribution is -0.113. The third kappa shape index (κ3) is 4.24. The standard InChI is InChI=1S/C28H27N5O2S/c1-5-32-16-21(18(3)31-32)15-23-27(35)33-25(20-12-7-6-8-13-20)24(19(4)29-28(33)36-23)26(34)30-22-14-10-9-11-17(22)2/h6-16,25H,5H2,1-4H3,(H,30,34)/t25-/m0/s1. The molecule has 1 aliphatic rings. The van der Waals surface area contributed by atoms with Crippen LogP contribution in [0.15, 0.2) is 81.9 Å². The van der Waals surface area contributed by atoms with Crippen molar-refractivity contribution >= 4 is 29.0 Å². The summed E-state index contributed by atoms with van der Waals surface area (Å²) in [4.78, 5) is 32.7. The Hall–Kier alpha value is -4.04. The molecule has 182 valence electrons. The molecule has 0 bridgehead atoms. The molecule has 2 aromatic carbocycles. The molecular formula is C28H27N5O2S. The summed E-state index contributed by atoms with van der Waals surface area (Å²) in [5.74, 6) is -0.270. The van der Waals surface area contributed by atoms with Crippen LogP contribution in [0.2, 0.25) is 0 Å². The molecule has 0 unspecified atom stereocenters. The molecule has 0 fully saturated rings. The van der Waals surface area contributed by atoms with Crippen molar-refractivity contribution in [2.24, 2.45) is 4.99 Å². The second-order valence-electron chi connectivity index (χ2n) is 8.79. The highest BCUT2D eigenvalue weighted by Gasteiger charge is 2.32. The van der Waals surface area contributed by atoms with E-state index < -0.39 is 6.04 Å². The number of hydrogen-bond acceptors (Lipinski definition) is 5. The second kappa shape index (κ2) is 9.54. The zero-order valence-corrected chi connectivity index (χ0v) is 21.5. The normalized spacial score (nSPS) is 15.6. The van der Waals surface area contributed by atoms with Gasteiger partial charge < -0.3 is 5.32 Å². The Kier molecular flexibility index (Phi) is 6.28. The van der Waals surface area contributed by atoms with Crippen LogP contribution in [0, 0.1) is 13.8 Å². The van der Waals surface area contributed by atoms with Crippen LogP contribution in [-0.2, 0) is 11.3 Å². The van der Waals surface area contributed by atoms with E-state index in [1.54, 1.807) is 4.57 Å². The Morgan fingerprint density at radius 1 is 1.08 bits per heavy atom. The maximum absolute atomic E-state index is 13.8. The first kappa shape index (κ1) is 23.7. The lowest BCUT2D eigenvalue weighted by atomic mass is 9.95. The summed E-state index contributed by atoms with van der Waals surface area (Å²) in [7, 11) is 0. The van der Waals surface area contributed by atoms with Gasteiger partial charge in [-0.2, -0.15) is 5.10 Å². The molecule has 2 aromatic heterocycles. The van der Waals surface area contributed by atoms with Gasteiger partial charge in [-0.3, -0.25) is 18.8 Å². The predicted molar refractivity (Wildman–Crippen MR) is 143 cm³/mol. The number of amides is 1. The number of fused-ring (bicyclic) bond motifs is 1. The van der Waals surface area contributed by atoms with Crippen LogP contribution >= 0.6 is 11.3 Å². The third-order valence-corrected chi connectivity index (χ3v) is 7.35. The van der Waals surface area contributed by atoms with E-state index >= 15 is 0 Å². The van der Waals surface area contributed by atoms with Gasteiger partial charge in [0.25, 0.3) is 11.5 Å². The lowest BCUT2D eigenvalue weighted by Gasteiger charge is -2.25. The monoisotopic (exact) mass is 497 g/mol. The van der Waals surface area contributed by atoms with E-state index in [0.717, 1.165) is 34.6 Å². The van der Waals surface area contributed by atoms with Crippen LogP contribution in [-0.4, -0.2) is 20.3 Å². The number of benzene rings is 2. The van der Waals surface area contributed by atoms with Gasteiger partial charge >= 0.3 is 0 Å². The van der Waals surface area contributed by atoms with E-state index in [-0.39, 0.29) is 11.5 Å². The number of anilines is 1. The van der Waals surface area contributed by atoms with Gasteiger partial charge in [-0.05, 0) is 51.0 Å². The number of thiazole rings is 1. The zero-order chi connectivity index (χ0) is 25.4. The van der Waals surface area contributed by atoms with E-state index in [4.69, 9.17) is 4.99 Å². The molecule has 0 radical (unpaired) electrons. The van der Waals surface area contributed by atoms with Crippen LogP contribution in [0.3, 0.4) is 0 Å². The van der Waals surface area contributed by atoms with Gasteiger partial charge in [-0.15, -0.1) is 0 Å². The zero-order valence-electron chi connectivity index (χ0n) is 20.6. The topological polar surface area (TPSA) is 81.3 Å². The van der Waals surface area contributed by atoms with Gasteiger partial charge in [-0.25, -0.2) is 4.99 Å². The van der Waals surface area contributed by atoms with Gasteiger partial charge in [0.2, 0.25) is 0 Å². The van der Waals surface area contributed by atoms with Gasteiger partial charge in [0.05, 0.1) is 27.5 Å². The Labute approximate surface area is 212 Å². The molecule has 0 spiro atoms. The molecule has 0 saturated heterocycles. The number of carbonyl (C=O) groups excluding carboxylic acids is 1. The van der Waals surface area contributed by atoms with Crippen molar-refractivity contribution in [2.45, 2.75) is 40.3 Å². The summed E-state index contributed by atoms with van der Waals surface area (Å²) in [6, 6.07) is 16.7. The Morgan fingerprint density at radius 3 is 2.50 bits per heavy atom. The smallest absolute Gasteiger partial charge is 0.271 e. The molecule has 7 nitrogen and oxygen atoms in total. The molecule has 36 heavy (non-hydrogen) atoms. The molecular weight excluding hydrogens is 470 g/mol. The summed E-state index contributed by atoms with van der Waals surface area (Å²) in [6.07, 6.45) is 3.81. The Bertz CT molecular complexity index is 1670. The number of hydrogen-bond donors (Lipinski definition) is 1. The molecule has 1 amide bonds. The van der Waals surface area contributed by atoms with Crippen LogP contribution in [0.25, 0.3) is 6.08 Å². The predicted octanol–water partition coefficient (Wildman–Crippen LogP) is 3.71. The summed E-state index contributed by atoms with van der Waals surface area (Å²) in [6.45, 7) is 8.48. The third-order valence-electron chi connectivity index (χ3n) is 6.37. The number of para-hydroxylation sites is 1. The van der Waals surface area contributed by atoms with E-state index in [9.17, 15) is 9.59 Å². The second-order valence-corrected chi connectivity index (χ2v) is 9.80. The molecule has 1 N–H and O–H groups in total. The first-order valence-electron chi connectivity index (χ1n) is 11.9. The van der Waals surface area contributed by atoms with E-state index in [2.05, 4.69) is 10.4 Å². The van der Waals surface area contributed by atoms with E-state index in [1.807, 2.05) is 99.2 Å². The number of rotatable bonds is 5. The summed E-state index contributed by atoms with van der Waals surface area (Å²) < 4.78 is 4.05. The fourth-order valence-corrected chi connectivity index (χ4v) is 5.48. The molecule has 1 aliphatic heterocycles. The Morgan fingerprint density at radius 2 is 1.81 bits per heavy atom. The van der Waals surface area contributed by atoms with E-state index in [1.165, 1.54) is 11.3 Å². The molecule has 8 heteroatoms. The van der Waals surface area contributed by atoms with Crippen molar-refractivity contribution in [1.29, 1.82) is 0 Å². The van der Waals surface area contributed by atoms with Crippen LogP contribution in [0.4, 0.5) is 5.69 Å². The molecule has 3 heterocycles. The summed E-state index contributed by atoms with van der Waals surface area (Å²) >= 11 is 1.33. The fraction of sp³-hybridized carbons (Fsp3) is 0.214. The molecule has 0 aliphatic carbocycles. The minimum atomic E-state index is -0.590. The minimum absolute atomic E-state index is 0.176. The van der Waals surface area contributed by atoms with Crippen LogP contribution < -0.4 is 20.2 Å². The van der Waals surface area contributed by atoms with Crippen LogP contribution in [0.5, 0.6) is 0 Å². The van der Waals surface area contributed by atoms with Gasteiger partial charge in [0, 0.05) is 24.0 Å². The largest absolute Gasteiger partial charge is 0.322 e. The first-order valence-corrected chi connectivity index (χ1v) is 12.7.